The Labute approximate surface area is 179 Å². The summed E-state index contributed by atoms with van der Waals surface area (Å²) in [6, 6.07) is -0.325. The molecule has 29 heavy (non-hydrogen) atoms. The lowest BCUT2D eigenvalue weighted by atomic mass is 10.0. The van der Waals surface area contributed by atoms with Gasteiger partial charge in [0.2, 0.25) is 5.91 Å². The Morgan fingerprint density at radius 1 is 0.828 bits per heavy atom. The highest BCUT2D eigenvalue weighted by Gasteiger charge is 2.35. The Balaban J connectivity index is 1.50. The van der Waals surface area contributed by atoms with Crippen molar-refractivity contribution in [2.75, 3.05) is 13.2 Å². The van der Waals surface area contributed by atoms with Gasteiger partial charge in [0.1, 0.15) is 6.04 Å². The maximum atomic E-state index is 12.6. The number of hydrogen-bond donors (Lipinski definition) is 0. The van der Waals surface area contributed by atoms with Crippen molar-refractivity contribution in [2.45, 2.75) is 129 Å². The van der Waals surface area contributed by atoms with Crippen LogP contribution in [0.15, 0.2) is 0 Å². The Morgan fingerprint density at radius 3 is 2.10 bits per heavy atom. The number of rotatable bonds is 15. The van der Waals surface area contributed by atoms with Gasteiger partial charge in [-0.3, -0.25) is 4.79 Å². The van der Waals surface area contributed by atoms with Crippen molar-refractivity contribution in [3.05, 3.63) is 0 Å². The van der Waals surface area contributed by atoms with Crippen molar-refractivity contribution in [1.82, 2.24) is 4.90 Å². The predicted molar refractivity (Wildman–Crippen MR) is 119 cm³/mol. The van der Waals surface area contributed by atoms with Gasteiger partial charge in [0.25, 0.3) is 0 Å². The molecule has 4 heteroatoms. The van der Waals surface area contributed by atoms with E-state index in [9.17, 15) is 9.59 Å². The molecule has 1 aliphatic carbocycles. The summed E-state index contributed by atoms with van der Waals surface area (Å²) in [4.78, 5) is 26.9. The summed E-state index contributed by atoms with van der Waals surface area (Å²) in [7, 11) is 0. The number of esters is 1. The van der Waals surface area contributed by atoms with E-state index in [1.54, 1.807) is 4.90 Å². The van der Waals surface area contributed by atoms with Crippen LogP contribution in [0.1, 0.15) is 122 Å². The summed E-state index contributed by atoms with van der Waals surface area (Å²) in [6.45, 7) is 3.49. The molecular formula is C25H45NO3. The number of nitrogens with zero attached hydrogens (tertiary/aromatic N) is 1. The van der Waals surface area contributed by atoms with E-state index in [0.29, 0.717) is 13.0 Å². The number of carbonyl (C=O) groups is 2. The highest BCUT2D eigenvalue weighted by atomic mass is 16.5. The standard InChI is InChI=1S/C25H45NO3/c1-2-3-4-5-6-7-8-9-10-13-21-29-25(28)23-17-14-20-26(23)24(27)19-18-22-15-11-12-16-22/h22-23H,2-21H2,1H3. The van der Waals surface area contributed by atoms with Gasteiger partial charge in [-0.1, -0.05) is 90.4 Å². The van der Waals surface area contributed by atoms with Gasteiger partial charge in [0, 0.05) is 13.0 Å². The lowest BCUT2D eigenvalue weighted by Gasteiger charge is -2.24. The first-order chi connectivity index (χ1) is 14.2. The summed E-state index contributed by atoms with van der Waals surface area (Å²) < 4.78 is 5.52. The van der Waals surface area contributed by atoms with Crippen LogP contribution in [0.25, 0.3) is 0 Å². The minimum atomic E-state index is -0.325. The molecule has 1 heterocycles. The molecule has 2 fully saturated rings. The van der Waals surface area contributed by atoms with Crippen molar-refractivity contribution in [1.29, 1.82) is 0 Å². The molecule has 1 saturated heterocycles. The monoisotopic (exact) mass is 407 g/mol. The number of likely N-dealkylation sites (tertiary alicyclic amines) is 1. The third-order valence-electron chi connectivity index (χ3n) is 6.83. The molecule has 0 N–H and O–H groups in total. The number of unbranched alkanes of at least 4 members (excludes halogenated alkanes) is 9. The summed E-state index contributed by atoms with van der Waals surface area (Å²) in [5.74, 6) is 0.714. The van der Waals surface area contributed by atoms with Crippen LogP contribution >= 0.6 is 0 Å². The van der Waals surface area contributed by atoms with Crippen molar-refractivity contribution in [2.24, 2.45) is 5.92 Å². The predicted octanol–water partition coefficient (Wildman–Crippen LogP) is 6.41. The van der Waals surface area contributed by atoms with Crippen molar-refractivity contribution < 1.29 is 14.3 Å². The molecule has 0 aromatic carbocycles. The molecule has 2 rings (SSSR count). The lowest BCUT2D eigenvalue weighted by molar-refractivity contribution is -0.153. The Hall–Kier alpha value is -1.06. The molecule has 1 unspecified atom stereocenters. The number of amides is 1. The number of hydrogen-bond acceptors (Lipinski definition) is 3. The van der Waals surface area contributed by atoms with E-state index in [-0.39, 0.29) is 17.9 Å². The molecule has 0 bridgehead atoms. The fraction of sp³-hybridized carbons (Fsp3) is 0.920. The molecule has 4 nitrogen and oxygen atoms in total. The third-order valence-corrected chi connectivity index (χ3v) is 6.83. The Morgan fingerprint density at radius 2 is 1.45 bits per heavy atom. The lowest BCUT2D eigenvalue weighted by Crippen LogP contribution is -2.41. The van der Waals surface area contributed by atoms with E-state index >= 15 is 0 Å². The first kappa shape index (κ1) is 24.2. The molecule has 1 amide bonds. The highest BCUT2D eigenvalue weighted by molar-refractivity contribution is 5.85. The molecule has 1 saturated carbocycles. The number of carbonyl (C=O) groups excluding carboxylic acids is 2. The summed E-state index contributed by atoms with van der Waals surface area (Å²) >= 11 is 0. The van der Waals surface area contributed by atoms with Gasteiger partial charge >= 0.3 is 5.97 Å². The molecule has 1 atom stereocenters. The van der Waals surface area contributed by atoms with E-state index < -0.39 is 0 Å². The average molecular weight is 408 g/mol. The zero-order chi connectivity index (χ0) is 20.7. The zero-order valence-electron chi connectivity index (χ0n) is 19.0. The van der Waals surface area contributed by atoms with Crippen LogP contribution < -0.4 is 0 Å². The van der Waals surface area contributed by atoms with Crippen LogP contribution in [0.4, 0.5) is 0 Å². The fourth-order valence-electron chi connectivity index (χ4n) is 4.94. The van der Waals surface area contributed by atoms with Crippen LogP contribution in [0.3, 0.4) is 0 Å². The van der Waals surface area contributed by atoms with Gasteiger partial charge < -0.3 is 9.64 Å². The van der Waals surface area contributed by atoms with Gasteiger partial charge in [-0.15, -0.1) is 0 Å². The first-order valence-electron chi connectivity index (χ1n) is 12.7. The van der Waals surface area contributed by atoms with Crippen LogP contribution in [0.2, 0.25) is 0 Å². The largest absolute Gasteiger partial charge is 0.464 e. The molecule has 1 aliphatic heterocycles. The van der Waals surface area contributed by atoms with E-state index in [4.69, 9.17) is 4.74 Å². The maximum absolute atomic E-state index is 12.6. The second kappa shape index (κ2) is 14.8. The normalized spacial score (nSPS) is 19.8. The second-order valence-corrected chi connectivity index (χ2v) is 9.28. The molecule has 0 aromatic rings. The van der Waals surface area contributed by atoms with Crippen molar-refractivity contribution >= 4 is 11.9 Å². The fourth-order valence-corrected chi connectivity index (χ4v) is 4.94. The van der Waals surface area contributed by atoms with Gasteiger partial charge in [0.15, 0.2) is 0 Å². The van der Waals surface area contributed by atoms with Gasteiger partial charge in [-0.25, -0.2) is 4.79 Å². The van der Waals surface area contributed by atoms with Crippen LogP contribution in [0.5, 0.6) is 0 Å². The Kier molecular flexibility index (Phi) is 12.4. The van der Waals surface area contributed by atoms with Crippen molar-refractivity contribution in [3.63, 3.8) is 0 Å². The van der Waals surface area contributed by atoms with Crippen LogP contribution in [-0.2, 0) is 14.3 Å². The molecule has 0 spiro atoms. The molecule has 2 aliphatic rings. The zero-order valence-corrected chi connectivity index (χ0v) is 19.0. The topological polar surface area (TPSA) is 46.6 Å². The van der Waals surface area contributed by atoms with Crippen LogP contribution in [-0.4, -0.2) is 36.0 Å². The third kappa shape index (κ3) is 9.53. The maximum Gasteiger partial charge on any atom is 0.328 e. The Bertz CT molecular complexity index is 459. The van der Waals surface area contributed by atoms with Gasteiger partial charge in [-0.2, -0.15) is 0 Å². The van der Waals surface area contributed by atoms with E-state index in [1.165, 1.54) is 77.0 Å². The molecule has 168 valence electrons. The van der Waals surface area contributed by atoms with E-state index in [1.807, 2.05) is 0 Å². The van der Waals surface area contributed by atoms with E-state index in [0.717, 1.165) is 44.6 Å². The average Bonchev–Trinajstić information content (AvgIpc) is 3.42. The minimum Gasteiger partial charge on any atom is -0.464 e. The molecule has 0 aromatic heterocycles. The van der Waals surface area contributed by atoms with E-state index in [2.05, 4.69) is 6.92 Å². The summed E-state index contributed by atoms with van der Waals surface area (Å²) in [6.07, 6.45) is 21.2. The summed E-state index contributed by atoms with van der Waals surface area (Å²) in [5, 5.41) is 0. The van der Waals surface area contributed by atoms with Gasteiger partial charge in [-0.05, 0) is 31.6 Å². The highest BCUT2D eigenvalue weighted by Crippen LogP contribution is 2.29. The quantitative estimate of drug-likeness (QED) is 0.233. The SMILES string of the molecule is CCCCCCCCCCCCOC(=O)C1CCCN1C(=O)CCC1CCCC1. The first-order valence-corrected chi connectivity index (χ1v) is 12.7. The second-order valence-electron chi connectivity index (χ2n) is 9.28. The summed E-state index contributed by atoms with van der Waals surface area (Å²) in [5.41, 5.74) is 0. The number of ether oxygens (including phenoxy) is 1. The van der Waals surface area contributed by atoms with Gasteiger partial charge in [0.05, 0.1) is 6.61 Å². The van der Waals surface area contributed by atoms with Crippen LogP contribution in [0, 0.1) is 5.92 Å². The molecular weight excluding hydrogens is 362 g/mol. The van der Waals surface area contributed by atoms with Crippen molar-refractivity contribution in [3.8, 4) is 0 Å². The smallest absolute Gasteiger partial charge is 0.328 e. The minimum absolute atomic E-state index is 0.162. The molecule has 0 radical (unpaired) electrons.